The van der Waals surface area contributed by atoms with Crippen LogP contribution in [-0.4, -0.2) is 41.4 Å². The van der Waals surface area contributed by atoms with E-state index in [1.54, 1.807) is 14.0 Å². The molecule has 0 saturated heterocycles. The first kappa shape index (κ1) is 22.0. The van der Waals surface area contributed by atoms with E-state index in [0.29, 0.717) is 30.6 Å². The van der Waals surface area contributed by atoms with Gasteiger partial charge < -0.3 is 14.9 Å². The summed E-state index contributed by atoms with van der Waals surface area (Å²) in [5.74, 6) is 1.46. The number of aliphatic hydroxyl groups is 2. The quantitative estimate of drug-likeness (QED) is 0.671. The Hall–Kier alpha value is -1.23. The summed E-state index contributed by atoms with van der Waals surface area (Å²) in [6.45, 7) is 6.38. The van der Waals surface area contributed by atoms with Gasteiger partial charge in [-0.15, -0.1) is 0 Å². The molecule has 2 fully saturated rings. The maximum atomic E-state index is 13.1. The Morgan fingerprint density at radius 2 is 2.10 bits per heavy atom. The number of carbonyl (C=O) groups excluding carboxylic acids is 1. The van der Waals surface area contributed by atoms with Gasteiger partial charge in [0.1, 0.15) is 6.10 Å². The summed E-state index contributed by atoms with van der Waals surface area (Å²) < 4.78 is 5.48. The van der Waals surface area contributed by atoms with Crippen molar-refractivity contribution in [1.29, 1.82) is 0 Å². The number of hydrogen-bond acceptors (Lipinski definition) is 4. The Morgan fingerprint density at radius 1 is 1.33 bits per heavy atom. The van der Waals surface area contributed by atoms with E-state index in [1.165, 1.54) is 16.7 Å². The Balaban J connectivity index is 1.65. The van der Waals surface area contributed by atoms with Crippen molar-refractivity contribution in [1.82, 2.24) is 0 Å². The highest BCUT2D eigenvalue weighted by molar-refractivity contribution is 5.93. The molecule has 2 bridgehead atoms. The number of rotatable bonds is 4. The Labute approximate surface area is 181 Å². The number of allylic oxidation sites excluding steroid dienone is 4. The highest BCUT2D eigenvalue weighted by Gasteiger charge is 2.53. The number of methoxy groups -OCH3 is 1. The first-order chi connectivity index (χ1) is 14.2. The second-order valence-electron chi connectivity index (χ2n) is 10.5. The average molecular weight is 415 g/mol. The number of ether oxygens (including phenoxy) is 1. The highest BCUT2D eigenvalue weighted by Crippen LogP contribution is 2.62. The molecule has 2 N–H and O–H groups in total. The van der Waals surface area contributed by atoms with Gasteiger partial charge >= 0.3 is 0 Å². The molecule has 0 aromatic carbocycles. The predicted molar refractivity (Wildman–Crippen MR) is 118 cm³/mol. The van der Waals surface area contributed by atoms with Crippen LogP contribution >= 0.6 is 0 Å². The SMILES string of the molecule is COC(/C=C(\C)[C@H]1CC[C@H]2C3=CC(=O)[C@H]4CC(=CC[C@H](O)C4)[C@H]3CC[C@]12C)C(C)O. The van der Waals surface area contributed by atoms with Crippen LogP contribution in [0.3, 0.4) is 0 Å². The topological polar surface area (TPSA) is 66.8 Å². The van der Waals surface area contributed by atoms with Crippen molar-refractivity contribution in [3.63, 3.8) is 0 Å². The third-order valence-electron chi connectivity index (χ3n) is 8.69. The van der Waals surface area contributed by atoms with Gasteiger partial charge in [-0.2, -0.15) is 0 Å². The molecule has 8 atom stereocenters. The van der Waals surface area contributed by atoms with Crippen LogP contribution in [0.5, 0.6) is 0 Å². The third kappa shape index (κ3) is 3.76. The minimum atomic E-state index is -0.529. The molecular weight excluding hydrogens is 376 g/mol. The van der Waals surface area contributed by atoms with Crippen LogP contribution in [0.1, 0.15) is 65.7 Å². The fraction of sp³-hybridized carbons (Fsp3) is 0.731. The number of hydrogen-bond donors (Lipinski definition) is 2. The van der Waals surface area contributed by atoms with E-state index >= 15 is 0 Å². The molecule has 2 saturated carbocycles. The Morgan fingerprint density at radius 3 is 2.80 bits per heavy atom. The molecule has 0 aliphatic heterocycles. The lowest BCUT2D eigenvalue weighted by Crippen LogP contribution is -2.38. The monoisotopic (exact) mass is 414 g/mol. The average Bonchev–Trinajstić information content (AvgIpc) is 2.84. The number of aliphatic hydroxyl groups excluding tert-OH is 2. The van der Waals surface area contributed by atoms with Gasteiger partial charge in [-0.1, -0.05) is 35.8 Å². The molecule has 4 rings (SSSR count). The summed E-state index contributed by atoms with van der Waals surface area (Å²) in [5.41, 5.74) is 4.23. The van der Waals surface area contributed by atoms with E-state index in [4.69, 9.17) is 4.74 Å². The standard InChI is InChI=1S/C26H38O4/c1-15(11-25(30-4)16(2)27)22-7-8-23-21-14-24(29)18-12-17(5-6-19(28)13-18)20(21)9-10-26(22,23)3/h5,11,14,16,18-20,22-23,25,27-28H,6-10,12-13H2,1-4H3/b15-11+/t16?,18-,19-,20+,22+,23-,25?,26+/m0/s1. The molecule has 0 radical (unpaired) electrons. The van der Waals surface area contributed by atoms with E-state index in [9.17, 15) is 15.0 Å². The molecule has 0 aromatic heterocycles. The molecule has 4 aliphatic rings. The zero-order valence-electron chi connectivity index (χ0n) is 18.9. The predicted octanol–water partition coefficient (Wildman–Crippen LogP) is 4.37. The lowest BCUT2D eigenvalue weighted by molar-refractivity contribution is -0.119. The lowest BCUT2D eigenvalue weighted by Gasteiger charge is -2.46. The van der Waals surface area contributed by atoms with Crippen LogP contribution in [-0.2, 0) is 9.53 Å². The van der Waals surface area contributed by atoms with Gasteiger partial charge in [0.05, 0.1) is 12.2 Å². The smallest absolute Gasteiger partial charge is 0.159 e. The fourth-order valence-electron chi connectivity index (χ4n) is 7.07. The second kappa shape index (κ2) is 8.37. The van der Waals surface area contributed by atoms with Crippen molar-refractivity contribution < 1.29 is 19.7 Å². The fourth-order valence-corrected chi connectivity index (χ4v) is 7.07. The normalized spacial score (nSPS) is 41.1. The lowest BCUT2D eigenvalue weighted by atomic mass is 9.58. The van der Waals surface area contributed by atoms with Crippen LogP contribution in [0.2, 0.25) is 0 Å². The number of carbonyl (C=O) groups is 1. The van der Waals surface area contributed by atoms with E-state index in [2.05, 4.69) is 26.0 Å². The molecule has 166 valence electrons. The van der Waals surface area contributed by atoms with Crippen LogP contribution in [0.4, 0.5) is 0 Å². The van der Waals surface area contributed by atoms with E-state index in [0.717, 1.165) is 32.1 Å². The van der Waals surface area contributed by atoms with Crippen molar-refractivity contribution in [2.45, 2.75) is 84.0 Å². The van der Waals surface area contributed by atoms with Gasteiger partial charge in [-0.05, 0) is 82.1 Å². The van der Waals surface area contributed by atoms with Gasteiger partial charge in [-0.25, -0.2) is 0 Å². The number of ketones is 1. The van der Waals surface area contributed by atoms with Gasteiger partial charge in [-0.3, -0.25) is 4.79 Å². The summed E-state index contributed by atoms with van der Waals surface area (Å²) in [7, 11) is 1.65. The Bertz CT molecular complexity index is 776. The number of fused-ring (bicyclic) bond motifs is 6. The van der Waals surface area contributed by atoms with Gasteiger partial charge in [0.2, 0.25) is 0 Å². The molecule has 0 aromatic rings. The zero-order chi connectivity index (χ0) is 21.6. The molecule has 4 heteroatoms. The molecule has 4 nitrogen and oxygen atoms in total. The summed E-state index contributed by atoms with van der Waals surface area (Å²) in [6, 6.07) is 0. The minimum absolute atomic E-state index is 0.0505. The van der Waals surface area contributed by atoms with Gasteiger partial charge in [0, 0.05) is 18.9 Å². The van der Waals surface area contributed by atoms with Crippen LogP contribution < -0.4 is 0 Å². The summed E-state index contributed by atoms with van der Waals surface area (Å²) in [5, 5.41) is 20.2. The maximum absolute atomic E-state index is 13.1. The molecule has 2 unspecified atom stereocenters. The summed E-state index contributed by atoms with van der Waals surface area (Å²) in [4.78, 5) is 13.1. The Kier molecular flexibility index (Phi) is 6.13. The summed E-state index contributed by atoms with van der Waals surface area (Å²) >= 11 is 0. The molecule has 0 amide bonds. The van der Waals surface area contributed by atoms with Crippen molar-refractivity contribution in [3.8, 4) is 0 Å². The van der Waals surface area contributed by atoms with Gasteiger partial charge in [0.15, 0.2) is 5.78 Å². The summed E-state index contributed by atoms with van der Waals surface area (Å²) in [6.07, 6.45) is 11.8. The van der Waals surface area contributed by atoms with Crippen molar-refractivity contribution in [3.05, 3.63) is 34.9 Å². The molecule has 0 spiro atoms. The third-order valence-corrected chi connectivity index (χ3v) is 8.69. The van der Waals surface area contributed by atoms with Crippen molar-refractivity contribution >= 4 is 5.78 Å². The second-order valence-corrected chi connectivity index (χ2v) is 10.5. The van der Waals surface area contributed by atoms with Crippen LogP contribution in [0.25, 0.3) is 0 Å². The van der Waals surface area contributed by atoms with E-state index < -0.39 is 6.10 Å². The first-order valence-corrected chi connectivity index (χ1v) is 11.8. The van der Waals surface area contributed by atoms with Crippen molar-refractivity contribution in [2.24, 2.45) is 29.1 Å². The van der Waals surface area contributed by atoms with Gasteiger partial charge in [0.25, 0.3) is 0 Å². The largest absolute Gasteiger partial charge is 0.393 e. The first-order valence-electron chi connectivity index (χ1n) is 11.8. The molecular formula is C26H38O4. The minimum Gasteiger partial charge on any atom is -0.393 e. The van der Waals surface area contributed by atoms with Crippen LogP contribution in [0.15, 0.2) is 34.9 Å². The molecule has 4 aliphatic carbocycles. The van der Waals surface area contributed by atoms with Crippen molar-refractivity contribution in [2.75, 3.05) is 7.11 Å². The van der Waals surface area contributed by atoms with E-state index in [1.807, 2.05) is 6.08 Å². The zero-order valence-corrected chi connectivity index (χ0v) is 18.9. The maximum Gasteiger partial charge on any atom is 0.159 e. The van der Waals surface area contributed by atoms with Crippen LogP contribution in [0, 0.1) is 29.1 Å². The molecule has 30 heavy (non-hydrogen) atoms. The highest BCUT2D eigenvalue weighted by atomic mass is 16.5. The molecule has 0 heterocycles. The van der Waals surface area contributed by atoms with E-state index in [-0.39, 0.29) is 29.3 Å².